The van der Waals surface area contributed by atoms with Gasteiger partial charge in [0.1, 0.15) is 0 Å². The third-order valence-electron chi connectivity index (χ3n) is 3.25. The molecule has 1 atom stereocenters. The van der Waals surface area contributed by atoms with Crippen LogP contribution in [0.1, 0.15) is 17.4 Å². The van der Waals surface area contributed by atoms with Crippen LogP contribution in [0.15, 0.2) is 42.0 Å². The molecule has 0 radical (unpaired) electrons. The maximum atomic E-state index is 12.1. The lowest BCUT2D eigenvalue weighted by Gasteiger charge is -2.19. The average Bonchev–Trinajstić information content (AvgIpc) is 2.98. The van der Waals surface area contributed by atoms with E-state index in [1.54, 1.807) is 35.7 Å². The molecule has 112 valence electrons. The minimum Gasteiger partial charge on any atom is -0.338 e. The van der Waals surface area contributed by atoms with Crippen molar-refractivity contribution in [3.05, 3.63) is 52.5 Å². The zero-order chi connectivity index (χ0) is 15.1. The molecule has 0 aliphatic rings. The molecule has 0 aliphatic heterocycles. The zero-order valence-corrected chi connectivity index (χ0v) is 13.3. The number of nitrogens with zero attached hydrogens (tertiary/aromatic N) is 2. The number of carbonyl (C=O) groups excluding carboxylic acids is 1. The SMILES string of the molecule is CC(CNC(=O)N(C)Cc1ccncc1)Cc1cccs1. The van der Waals surface area contributed by atoms with Crippen molar-refractivity contribution in [3.63, 3.8) is 0 Å². The van der Waals surface area contributed by atoms with Gasteiger partial charge in [0, 0.05) is 37.4 Å². The molecule has 0 bridgehead atoms. The molecular weight excluding hydrogens is 282 g/mol. The monoisotopic (exact) mass is 303 g/mol. The fourth-order valence-electron chi connectivity index (χ4n) is 2.07. The van der Waals surface area contributed by atoms with E-state index in [0.29, 0.717) is 19.0 Å². The zero-order valence-electron chi connectivity index (χ0n) is 12.5. The van der Waals surface area contributed by atoms with Crippen LogP contribution in [0.5, 0.6) is 0 Å². The molecule has 21 heavy (non-hydrogen) atoms. The molecule has 5 heteroatoms. The summed E-state index contributed by atoms with van der Waals surface area (Å²) >= 11 is 1.76. The molecule has 2 amide bonds. The van der Waals surface area contributed by atoms with Crippen molar-refractivity contribution in [2.75, 3.05) is 13.6 Å². The van der Waals surface area contributed by atoms with Gasteiger partial charge in [0.15, 0.2) is 0 Å². The molecule has 0 aliphatic carbocycles. The number of urea groups is 1. The molecule has 2 heterocycles. The summed E-state index contributed by atoms with van der Waals surface area (Å²) in [7, 11) is 1.81. The van der Waals surface area contributed by atoms with Crippen LogP contribution in [0.4, 0.5) is 4.79 Å². The summed E-state index contributed by atoms with van der Waals surface area (Å²) in [4.78, 5) is 19.1. The average molecular weight is 303 g/mol. The number of nitrogens with one attached hydrogen (secondary N) is 1. The minimum atomic E-state index is -0.0372. The van der Waals surface area contributed by atoms with Crippen molar-refractivity contribution in [3.8, 4) is 0 Å². The highest BCUT2D eigenvalue weighted by atomic mass is 32.1. The number of hydrogen-bond donors (Lipinski definition) is 1. The molecule has 2 rings (SSSR count). The maximum absolute atomic E-state index is 12.1. The fourth-order valence-corrected chi connectivity index (χ4v) is 2.94. The number of pyridine rings is 1. The summed E-state index contributed by atoms with van der Waals surface area (Å²) in [6.07, 6.45) is 4.49. The first kappa shape index (κ1) is 15.5. The van der Waals surface area contributed by atoms with E-state index < -0.39 is 0 Å². The van der Waals surface area contributed by atoms with E-state index >= 15 is 0 Å². The summed E-state index contributed by atoms with van der Waals surface area (Å²) < 4.78 is 0. The highest BCUT2D eigenvalue weighted by Crippen LogP contribution is 2.13. The lowest BCUT2D eigenvalue weighted by molar-refractivity contribution is 0.205. The van der Waals surface area contributed by atoms with Gasteiger partial charge in [-0.25, -0.2) is 4.79 Å². The van der Waals surface area contributed by atoms with Crippen LogP contribution < -0.4 is 5.32 Å². The topological polar surface area (TPSA) is 45.2 Å². The standard InChI is InChI=1S/C16H21N3OS/c1-13(10-15-4-3-9-21-15)11-18-16(20)19(2)12-14-5-7-17-8-6-14/h3-9,13H,10-12H2,1-2H3,(H,18,20). The third kappa shape index (κ3) is 5.19. The Morgan fingerprint density at radius 2 is 2.14 bits per heavy atom. The maximum Gasteiger partial charge on any atom is 0.317 e. The predicted octanol–water partition coefficient (Wildman–Crippen LogP) is 3.16. The Labute approximate surface area is 129 Å². The van der Waals surface area contributed by atoms with Gasteiger partial charge in [-0.3, -0.25) is 4.98 Å². The second-order valence-electron chi connectivity index (χ2n) is 5.29. The highest BCUT2D eigenvalue weighted by Gasteiger charge is 2.11. The van der Waals surface area contributed by atoms with Crippen molar-refractivity contribution in [1.82, 2.24) is 15.2 Å². The van der Waals surface area contributed by atoms with E-state index in [0.717, 1.165) is 12.0 Å². The number of carbonyl (C=O) groups is 1. The quantitative estimate of drug-likeness (QED) is 0.891. The van der Waals surface area contributed by atoms with E-state index in [9.17, 15) is 4.79 Å². The summed E-state index contributed by atoms with van der Waals surface area (Å²) in [6.45, 7) is 3.44. The van der Waals surface area contributed by atoms with Crippen LogP contribution in [0.3, 0.4) is 0 Å². The first-order valence-corrected chi connectivity index (χ1v) is 7.93. The van der Waals surface area contributed by atoms with Gasteiger partial charge < -0.3 is 10.2 Å². The number of hydrogen-bond acceptors (Lipinski definition) is 3. The molecule has 0 spiro atoms. The van der Waals surface area contributed by atoms with Gasteiger partial charge in [-0.2, -0.15) is 0 Å². The Bertz CT molecular complexity index is 542. The van der Waals surface area contributed by atoms with Crippen LogP contribution in [0, 0.1) is 5.92 Å². The summed E-state index contributed by atoms with van der Waals surface area (Å²) in [5.41, 5.74) is 1.08. The van der Waals surface area contributed by atoms with Crippen LogP contribution in [0.25, 0.3) is 0 Å². The van der Waals surface area contributed by atoms with Crippen LogP contribution in [0.2, 0.25) is 0 Å². The van der Waals surface area contributed by atoms with Gasteiger partial charge in [0.25, 0.3) is 0 Å². The molecule has 0 aromatic carbocycles. The molecule has 1 N–H and O–H groups in total. The Morgan fingerprint density at radius 3 is 2.81 bits per heavy atom. The van der Waals surface area contributed by atoms with Crippen LogP contribution >= 0.6 is 11.3 Å². The number of amides is 2. The molecule has 2 aromatic rings. The number of rotatable bonds is 6. The number of aromatic nitrogens is 1. The van der Waals surface area contributed by atoms with Gasteiger partial charge in [0.2, 0.25) is 0 Å². The Kier molecular flexibility index (Phi) is 5.75. The summed E-state index contributed by atoms with van der Waals surface area (Å²) in [6, 6.07) is 8.00. The van der Waals surface area contributed by atoms with Crippen molar-refractivity contribution < 1.29 is 4.79 Å². The van der Waals surface area contributed by atoms with Gasteiger partial charge in [-0.05, 0) is 41.5 Å². The molecule has 0 saturated heterocycles. The second-order valence-corrected chi connectivity index (χ2v) is 6.32. The molecule has 2 aromatic heterocycles. The smallest absolute Gasteiger partial charge is 0.317 e. The van der Waals surface area contributed by atoms with E-state index in [-0.39, 0.29) is 6.03 Å². The van der Waals surface area contributed by atoms with Crippen LogP contribution in [-0.2, 0) is 13.0 Å². The minimum absolute atomic E-state index is 0.0372. The van der Waals surface area contributed by atoms with E-state index in [4.69, 9.17) is 0 Å². The molecule has 4 nitrogen and oxygen atoms in total. The van der Waals surface area contributed by atoms with Gasteiger partial charge in [0.05, 0.1) is 0 Å². The largest absolute Gasteiger partial charge is 0.338 e. The highest BCUT2D eigenvalue weighted by molar-refractivity contribution is 7.09. The molecule has 0 saturated carbocycles. The second kappa shape index (κ2) is 7.78. The van der Waals surface area contributed by atoms with Gasteiger partial charge in [-0.1, -0.05) is 13.0 Å². The van der Waals surface area contributed by atoms with Crippen molar-refractivity contribution >= 4 is 17.4 Å². The normalized spacial score (nSPS) is 11.9. The van der Waals surface area contributed by atoms with Crippen molar-refractivity contribution in [1.29, 1.82) is 0 Å². The molecule has 0 fully saturated rings. The van der Waals surface area contributed by atoms with Crippen LogP contribution in [-0.4, -0.2) is 29.5 Å². The third-order valence-corrected chi connectivity index (χ3v) is 4.15. The fraction of sp³-hybridized carbons (Fsp3) is 0.375. The lowest BCUT2D eigenvalue weighted by atomic mass is 10.1. The lowest BCUT2D eigenvalue weighted by Crippen LogP contribution is -2.39. The van der Waals surface area contributed by atoms with Gasteiger partial charge in [-0.15, -0.1) is 11.3 Å². The predicted molar refractivity (Wildman–Crippen MR) is 86.3 cm³/mol. The van der Waals surface area contributed by atoms with Gasteiger partial charge >= 0.3 is 6.03 Å². The summed E-state index contributed by atoms with van der Waals surface area (Å²) in [5.74, 6) is 0.432. The first-order chi connectivity index (χ1) is 10.1. The Balaban J connectivity index is 1.73. The van der Waals surface area contributed by atoms with E-state index in [2.05, 4.69) is 34.7 Å². The van der Waals surface area contributed by atoms with E-state index in [1.807, 2.05) is 12.1 Å². The first-order valence-electron chi connectivity index (χ1n) is 7.05. The molecular formula is C16H21N3OS. The van der Waals surface area contributed by atoms with Crippen molar-refractivity contribution in [2.24, 2.45) is 5.92 Å². The van der Waals surface area contributed by atoms with Crippen molar-refractivity contribution in [2.45, 2.75) is 19.9 Å². The van der Waals surface area contributed by atoms with E-state index in [1.165, 1.54) is 4.88 Å². The summed E-state index contributed by atoms with van der Waals surface area (Å²) in [5, 5.41) is 5.08. The number of thiophene rings is 1. The Morgan fingerprint density at radius 1 is 1.38 bits per heavy atom. The molecule has 1 unspecified atom stereocenters. The Hall–Kier alpha value is -1.88.